The maximum absolute atomic E-state index is 13.4. The molecule has 0 radical (unpaired) electrons. The minimum atomic E-state index is -0.687. The molecule has 0 saturated carbocycles. The Balaban J connectivity index is 0.00000115. The molecule has 0 aromatic heterocycles. The van der Waals surface area contributed by atoms with Crippen LogP contribution in [0.5, 0.6) is 63.2 Å². The van der Waals surface area contributed by atoms with Crippen LogP contribution in [0.2, 0.25) is 0 Å². The Morgan fingerprint density at radius 1 is 0.289 bits per heavy atom. The van der Waals surface area contributed by atoms with Gasteiger partial charge in [-0.2, -0.15) is 19.6 Å². The first-order valence-electron chi connectivity index (χ1n) is 40.3. The first-order valence-corrected chi connectivity index (χ1v) is 40.3. The molecule has 0 unspecified atom stereocenters. The van der Waals surface area contributed by atoms with Crippen molar-refractivity contribution >= 4 is 30.9 Å². The summed E-state index contributed by atoms with van der Waals surface area (Å²) in [4.78, 5) is 75.8. The second-order valence-electron chi connectivity index (χ2n) is 25.4. The van der Waals surface area contributed by atoms with Crippen LogP contribution in [0.15, 0.2) is 209 Å². The minimum Gasteiger partial charge on any atom is -0.502 e. The molecule has 4 aromatic rings. The zero-order valence-corrected chi connectivity index (χ0v) is 71.5. The van der Waals surface area contributed by atoms with E-state index in [1.165, 1.54) is 67.7 Å². The summed E-state index contributed by atoms with van der Waals surface area (Å²) >= 11 is 0. The smallest absolute Gasteiger partial charge is 0.336 e. The quantitative estimate of drug-likeness (QED) is 0.00580. The van der Waals surface area contributed by atoms with Gasteiger partial charge in [0.1, 0.15) is 18.3 Å². The number of hydrogen-bond acceptors (Lipinski definition) is 27. The number of carbonyl (C=O) groups is 3. The Labute approximate surface area is 715 Å². The number of esters is 2. The highest BCUT2D eigenvalue weighted by Gasteiger charge is 2.22. The number of hydrogen-bond donors (Lipinski definition) is 0. The van der Waals surface area contributed by atoms with Crippen molar-refractivity contribution in [2.75, 3.05) is 119 Å². The molecular formula is C94H126O27. The van der Waals surface area contributed by atoms with Crippen molar-refractivity contribution in [3.8, 4) is 63.2 Å². The molecule has 0 aliphatic heterocycles. The van der Waals surface area contributed by atoms with Crippen LogP contribution in [0.4, 0.5) is 0 Å². The summed E-state index contributed by atoms with van der Waals surface area (Å²) in [5, 5.41) is 0. The Morgan fingerprint density at radius 3 is 0.777 bits per heavy atom. The molecule has 4 rings (SSSR count). The number of benzene rings is 4. The molecule has 0 aliphatic carbocycles. The van der Waals surface area contributed by atoms with Crippen LogP contribution in [0.1, 0.15) is 160 Å². The highest BCUT2D eigenvalue weighted by molar-refractivity contribution is 5.90. The first kappa shape index (κ1) is 105. The molecule has 0 amide bonds. The number of ether oxygens (including phenoxy) is 16. The van der Waals surface area contributed by atoms with Gasteiger partial charge >= 0.3 is 11.9 Å². The zero-order valence-electron chi connectivity index (χ0n) is 71.5. The second kappa shape index (κ2) is 72.0. The maximum atomic E-state index is 13.4. The van der Waals surface area contributed by atoms with Crippen LogP contribution in [-0.2, 0) is 77.2 Å². The van der Waals surface area contributed by atoms with Crippen molar-refractivity contribution in [1.82, 2.24) is 0 Å². The average Bonchev–Trinajstić information content (AvgIpc) is 0.834. The molecule has 121 heavy (non-hydrogen) atoms. The predicted octanol–water partition coefficient (Wildman–Crippen LogP) is 20.5. The maximum Gasteiger partial charge on any atom is 0.336 e. The van der Waals surface area contributed by atoms with Gasteiger partial charge in [-0.15, -0.1) is 0 Å². The monoisotopic (exact) mass is 1690 g/mol. The third-order valence-electron chi connectivity index (χ3n) is 15.9. The van der Waals surface area contributed by atoms with Crippen LogP contribution in [-0.4, -0.2) is 138 Å². The first-order chi connectivity index (χ1) is 59.2. The summed E-state index contributed by atoms with van der Waals surface area (Å²) in [5.41, 5.74) is 12.5. The predicted molar refractivity (Wildman–Crippen MR) is 462 cm³/mol. The molecule has 27 heteroatoms. The molecular weight excluding hydrogens is 1560 g/mol. The topological polar surface area (TPSA) is 273 Å². The van der Waals surface area contributed by atoms with Crippen molar-refractivity contribution in [2.45, 2.75) is 150 Å². The minimum absolute atomic E-state index is 0.197. The van der Waals surface area contributed by atoms with Crippen molar-refractivity contribution in [1.29, 1.82) is 0 Å². The van der Waals surface area contributed by atoms with Gasteiger partial charge in [-0.1, -0.05) is 88.2 Å². The lowest BCUT2D eigenvalue weighted by molar-refractivity contribution is -0.261. The van der Waals surface area contributed by atoms with Gasteiger partial charge in [-0.3, -0.25) is 0 Å². The number of unbranched alkanes of at least 4 members (excludes halogenated alkanes) is 9. The van der Waals surface area contributed by atoms with E-state index in [0.717, 1.165) is 56.9 Å². The van der Waals surface area contributed by atoms with Gasteiger partial charge in [-0.05, 0) is 195 Å². The van der Waals surface area contributed by atoms with E-state index < -0.39 is 11.9 Å². The lowest BCUT2D eigenvalue weighted by Gasteiger charge is -2.19. The second-order valence-corrected chi connectivity index (χ2v) is 25.4. The zero-order chi connectivity index (χ0) is 88.2. The summed E-state index contributed by atoms with van der Waals surface area (Å²) in [6.07, 6.45) is 25.8. The third-order valence-corrected chi connectivity index (χ3v) is 15.9. The summed E-state index contributed by atoms with van der Waals surface area (Å²) in [7, 11) is 0. The summed E-state index contributed by atoms with van der Waals surface area (Å²) < 4.78 is 93.6. The van der Waals surface area contributed by atoms with Gasteiger partial charge in [0.2, 0.25) is 17.2 Å². The average molecular weight is 1690 g/mol. The van der Waals surface area contributed by atoms with E-state index in [-0.39, 0.29) is 24.7 Å². The van der Waals surface area contributed by atoms with E-state index in [0.29, 0.717) is 256 Å². The van der Waals surface area contributed by atoms with E-state index in [1.807, 2.05) is 25.8 Å². The summed E-state index contributed by atoms with van der Waals surface area (Å²) in [6, 6.07) is 17.0. The van der Waals surface area contributed by atoms with Gasteiger partial charge in [0.25, 0.3) is 0 Å². The fourth-order valence-electron chi connectivity index (χ4n) is 9.58. The van der Waals surface area contributed by atoms with Gasteiger partial charge in [0.15, 0.2) is 57.5 Å². The van der Waals surface area contributed by atoms with Crippen molar-refractivity contribution < 1.29 is 129 Å². The van der Waals surface area contributed by atoms with Crippen LogP contribution in [0, 0.1) is 6.92 Å². The third kappa shape index (κ3) is 50.5. The van der Waals surface area contributed by atoms with Crippen LogP contribution >= 0.6 is 0 Å². The van der Waals surface area contributed by atoms with Gasteiger partial charge in [0, 0.05) is 51.0 Å². The fraction of sp³-hybridized carbons (Fsp3) is 0.436. The van der Waals surface area contributed by atoms with E-state index in [4.69, 9.17) is 120 Å². The standard InChI is InChI=1S/C66H84O19.C27H40O7.CH2O/c1-10-52(7)83-78-49-25-22-44-73-60-37-29-55(63(74-45-20-17-41-70-14-5)66(60)77-48-24-27-51-80-85-54(9)12-3)30-38-61(67)81-57-32-34-58(35-33-57)82-62(68)39-31-56-28-36-59(72-43-19-16-40-69-13-4)65(76-47-21-18-42-71-15-6)64(56)75-46-23-26-50-79-84-53(8)11-2;1-6-24(5)34-33-22-14-13-20-31-26-23(4)15-16-25(30-19-11-9-17-28-7-2)27(26)32-21-12-10-18-29-8-3;1-2/h13-15,28-39H,1-6,16-27,40-51H2,7-9H3;7-8,15-16H,1-3,9-14,17-22H2,4-5H3;1H2/b38-30+,39-31+;;. The summed E-state index contributed by atoms with van der Waals surface area (Å²) in [6.45, 7) is 50.4. The Morgan fingerprint density at radius 2 is 0.512 bits per heavy atom. The summed E-state index contributed by atoms with van der Waals surface area (Å²) in [5.74, 6) is 5.23. The van der Waals surface area contributed by atoms with Crippen molar-refractivity contribution in [3.05, 3.63) is 226 Å². The molecule has 4 aromatic carbocycles. The molecule has 664 valence electrons. The Hall–Kier alpha value is -12.0. The van der Waals surface area contributed by atoms with E-state index in [1.54, 1.807) is 64.1 Å². The largest absolute Gasteiger partial charge is 0.502 e. The normalized spacial score (nSPS) is 10.3. The lowest BCUT2D eigenvalue weighted by Crippen LogP contribution is -2.09. The van der Waals surface area contributed by atoms with E-state index in [9.17, 15) is 9.59 Å². The van der Waals surface area contributed by atoms with Gasteiger partial charge in [-0.25, -0.2) is 9.59 Å². The highest BCUT2D eigenvalue weighted by atomic mass is 17.2. The van der Waals surface area contributed by atoms with Crippen LogP contribution < -0.4 is 52.1 Å². The Bertz CT molecular complexity index is 3850. The molecule has 0 bridgehead atoms. The van der Waals surface area contributed by atoms with Crippen molar-refractivity contribution in [2.24, 2.45) is 0 Å². The molecule has 0 aliphatic rings. The van der Waals surface area contributed by atoms with Crippen LogP contribution in [0.3, 0.4) is 0 Å². The molecule has 0 fully saturated rings. The van der Waals surface area contributed by atoms with Gasteiger partial charge < -0.3 is 100 Å². The molecule has 0 N–H and O–H groups in total. The number of allylic oxidation sites excluding steroid dienone is 4. The molecule has 0 heterocycles. The lowest BCUT2D eigenvalue weighted by atomic mass is 10.1. The Kier molecular flexibility index (Phi) is 62.6. The highest BCUT2D eigenvalue weighted by Crippen LogP contribution is 2.44. The van der Waals surface area contributed by atoms with Gasteiger partial charge in [0.05, 0.1) is 150 Å². The molecule has 0 saturated heterocycles. The number of aryl methyl sites for hydroxylation is 1. The van der Waals surface area contributed by atoms with Crippen molar-refractivity contribution in [3.63, 3.8) is 0 Å². The van der Waals surface area contributed by atoms with E-state index in [2.05, 4.69) is 82.1 Å². The number of rotatable bonds is 73. The molecule has 0 atom stereocenters. The number of carbonyl (C=O) groups excluding carboxylic acids is 3. The fourth-order valence-corrected chi connectivity index (χ4v) is 9.58. The molecule has 27 nitrogen and oxygen atoms in total. The molecule has 0 spiro atoms. The SMILES string of the molecule is C=C=C(C)OOCCCCOc1c(C)ccc(OCCCCOC=C)c1OCCCCOC=C.C=C=C(C)OOCCCCOc1ccc(/C=C/C(=O)Oc2ccc(OC(=O)/C=C/c3ccc(OCCCCOC=C)c(OCCCCOC=C)c3OCCCCOOC(C)=C=C)cc2)c(OCCCCOC=C)c1OCCCCOOC(C)=C=C.C=O. The van der Waals surface area contributed by atoms with Crippen LogP contribution in [0.25, 0.3) is 12.2 Å². The van der Waals surface area contributed by atoms with E-state index >= 15 is 0 Å².